The minimum Gasteiger partial charge on any atom is -0.756 e. The molecule has 0 bridgehead atoms. The van der Waals surface area contributed by atoms with E-state index in [4.69, 9.17) is 13.8 Å². The maximum atomic E-state index is 12.0. The van der Waals surface area contributed by atoms with Crippen molar-refractivity contribution in [2.75, 3.05) is 47.5 Å². The number of hydrogen-bond donors (Lipinski definition) is 1. The summed E-state index contributed by atoms with van der Waals surface area (Å²) in [7, 11) is 1.25. The predicted octanol–water partition coefficient (Wildman–Crippen LogP) is 6.14. The molecule has 8 nitrogen and oxygen atoms in total. The molecule has 222 valence electrons. The number of quaternary nitrogens is 1. The Balaban J connectivity index is 3.62. The third kappa shape index (κ3) is 26.9. The lowest BCUT2D eigenvalue weighted by Gasteiger charge is -2.28. The lowest BCUT2D eigenvalue weighted by molar-refractivity contribution is -0.870. The molecule has 37 heavy (non-hydrogen) atoms. The second-order valence-corrected chi connectivity index (χ2v) is 12.7. The Morgan fingerprint density at radius 3 is 1.62 bits per heavy atom. The van der Waals surface area contributed by atoms with E-state index in [0.29, 0.717) is 11.0 Å². The fourth-order valence-electron chi connectivity index (χ4n) is 4.00. The number of likely N-dealkylation sites (N-methyl/N-ethyl adjacent to an activating group) is 1. The molecule has 0 aliphatic rings. The molecule has 0 saturated carbocycles. The van der Waals surface area contributed by atoms with Crippen molar-refractivity contribution < 1.29 is 37.6 Å². The first-order valence-corrected chi connectivity index (χ1v) is 16.3. The standard InChI is InChI=1S/C28H58NO7P/c1-5-6-7-8-9-10-11-12-13-14-15-16-17-18-19-20-21-22-28(31)36-27(25-30)26-35-37(32,33)34-24-23-29(2,3)4/h27,30H,5-26H2,1-4H3/t27-/m0/s1. The van der Waals surface area contributed by atoms with E-state index in [9.17, 15) is 19.4 Å². The molecule has 2 atom stereocenters. The number of nitrogens with zero attached hydrogens (tertiary/aromatic N) is 1. The van der Waals surface area contributed by atoms with Gasteiger partial charge in [0.15, 0.2) is 0 Å². The summed E-state index contributed by atoms with van der Waals surface area (Å²) < 4.78 is 27.1. The molecule has 1 unspecified atom stereocenters. The molecular formula is C28H58NO7P. The smallest absolute Gasteiger partial charge is 0.306 e. The van der Waals surface area contributed by atoms with Crippen LogP contribution in [0, 0.1) is 0 Å². The van der Waals surface area contributed by atoms with Gasteiger partial charge in [0, 0.05) is 6.42 Å². The second kappa shape index (κ2) is 23.4. The third-order valence-electron chi connectivity index (χ3n) is 6.42. The van der Waals surface area contributed by atoms with Crippen LogP contribution in [0.3, 0.4) is 0 Å². The minimum absolute atomic E-state index is 0.00678. The van der Waals surface area contributed by atoms with Gasteiger partial charge in [0.2, 0.25) is 0 Å². The monoisotopic (exact) mass is 551 g/mol. The lowest BCUT2D eigenvalue weighted by Crippen LogP contribution is -2.37. The van der Waals surface area contributed by atoms with Crippen molar-refractivity contribution >= 4 is 13.8 Å². The van der Waals surface area contributed by atoms with Crippen molar-refractivity contribution in [1.82, 2.24) is 0 Å². The van der Waals surface area contributed by atoms with E-state index in [0.717, 1.165) is 19.3 Å². The molecule has 0 rings (SSSR count). The van der Waals surface area contributed by atoms with Gasteiger partial charge in [0.05, 0.1) is 34.4 Å². The van der Waals surface area contributed by atoms with E-state index in [2.05, 4.69) is 6.92 Å². The number of esters is 1. The highest BCUT2D eigenvalue weighted by Crippen LogP contribution is 2.38. The quantitative estimate of drug-likeness (QED) is 0.0566. The zero-order valence-electron chi connectivity index (χ0n) is 24.4. The van der Waals surface area contributed by atoms with Gasteiger partial charge in [-0.1, -0.05) is 110 Å². The van der Waals surface area contributed by atoms with Crippen molar-refractivity contribution in [2.45, 2.75) is 129 Å². The Bertz CT molecular complexity index is 583. The molecular weight excluding hydrogens is 493 g/mol. The Labute approximate surface area is 227 Å². The fourth-order valence-corrected chi connectivity index (χ4v) is 4.73. The van der Waals surface area contributed by atoms with Gasteiger partial charge in [-0.05, 0) is 6.42 Å². The van der Waals surface area contributed by atoms with E-state index in [1.807, 2.05) is 21.1 Å². The molecule has 0 amide bonds. The van der Waals surface area contributed by atoms with Crippen LogP contribution in [0.5, 0.6) is 0 Å². The van der Waals surface area contributed by atoms with Gasteiger partial charge in [-0.15, -0.1) is 0 Å². The molecule has 0 saturated heterocycles. The van der Waals surface area contributed by atoms with Crippen LogP contribution in [0.25, 0.3) is 0 Å². The molecule has 1 N–H and O–H groups in total. The fraction of sp³-hybridized carbons (Fsp3) is 0.964. The summed E-state index contributed by atoms with van der Waals surface area (Å²) in [6.45, 7) is 1.79. The predicted molar refractivity (Wildman–Crippen MR) is 148 cm³/mol. The number of carbonyl (C=O) groups excluding carboxylic acids is 1. The van der Waals surface area contributed by atoms with Crippen LogP contribution in [0.4, 0.5) is 0 Å². The van der Waals surface area contributed by atoms with E-state index in [1.165, 1.54) is 89.9 Å². The summed E-state index contributed by atoms with van der Waals surface area (Å²) in [5.41, 5.74) is 0. The van der Waals surface area contributed by atoms with Crippen LogP contribution in [0.1, 0.15) is 122 Å². The average molecular weight is 552 g/mol. The van der Waals surface area contributed by atoms with Gasteiger partial charge in [-0.3, -0.25) is 9.36 Å². The molecule has 0 spiro atoms. The first kappa shape index (κ1) is 36.5. The molecule has 9 heteroatoms. The molecule has 0 fully saturated rings. The molecule has 0 aliphatic heterocycles. The van der Waals surface area contributed by atoms with Crippen LogP contribution < -0.4 is 4.89 Å². The van der Waals surface area contributed by atoms with Gasteiger partial charge >= 0.3 is 5.97 Å². The van der Waals surface area contributed by atoms with Gasteiger partial charge in [-0.25, -0.2) is 0 Å². The van der Waals surface area contributed by atoms with Crippen molar-refractivity contribution in [3.63, 3.8) is 0 Å². The van der Waals surface area contributed by atoms with Crippen molar-refractivity contribution in [3.05, 3.63) is 0 Å². The lowest BCUT2D eigenvalue weighted by atomic mass is 10.0. The van der Waals surface area contributed by atoms with Crippen molar-refractivity contribution in [1.29, 1.82) is 0 Å². The van der Waals surface area contributed by atoms with Crippen LogP contribution in [-0.4, -0.2) is 69.2 Å². The van der Waals surface area contributed by atoms with E-state index in [-0.39, 0.29) is 13.0 Å². The number of aliphatic hydroxyl groups is 1. The SMILES string of the molecule is CCCCCCCCCCCCCCCCCCCC(=O)O[C@@H](CO)COP(=O)([O-])OCC[N+](C)(C)C. The van der Waals surface area contributed by atoms with Crippen LogP contribution in [-0.2, 0) is 23.1 Å². The average Bonchev–Trinajstić information content (AvgIpc) is 2.82. The van der Waals surface area contributed by atoms with Crippen molar-refractivity contribution in [3.8, 4) is 0 Å². The van der Waals surface area contributed by atoms with Crippen LogP contribution in [0.2, 0.25) is 0 Å². The maximum absolute atomic E-state index is 12.0. The second-order valence-electron chi connectivity index (χ2n) is 11.3. The molecule has 0 aliphatic carbocycles. The minimum atomic E-state index is -4.51. The number of rotatable bonds is 27. The Morgan fingerprint density at radius 2 is 1.22 bits per heavy atom. The van der Waals surface area contributed by atoms with E-state index in [1.54, 1.807) is 0 Å². The normalized spacial score (nSPS) is 14.4. The summed E-state index contributed by atoms with van der Waals surface area (Å²) >= 11 is 0. The number of hydrogen-bond acceptors (Lipinski definition) is 7. The summed E-state index contributed by atoms with van der Waals surface area (Å²) in [6, 6.07) is 0. The Kier molecular flexibility index (Phi) is 23.1. The summed E-state index contributed by atoms with van der Waals surface area (Å²) in [5.74, 6) is -0.449. The first-order valence-electron chi connectivity index (χ1n) is 14.8. The highest BCUT2D eigenvalue weighted by molar-refractivity contribution is 7.45. The highest BCUT2D eigenvalue weighted by Gasteiger charge is 2.19. The molecule has 0 heterocycles. The van der Waals surface area contributed by atoms with E-state index < -0.39 is 33.1 Å². The Morgan fingerprint density at radius 1 is 0.784 bits per heavy atom. The Hall–Kier alpha value is -0.500. The first-order chi connectivity index (χ1) is 17.6. The number of ether oxygens (including phenoxy) is 1. The zero-order valence-corrected chi connectivity index (χ0v) is 25.3. The summed E-state index contributed by atoms with van der Waals surface area (Å²) in [6.07, 6.45) is 20.9. The van der Waals surface area contributed by atoms with Crippen LogP contribution in [0.15, 0.2) is 0 Å². The molecule has 0 aromatic rings. The maximum Gasteiger partial charge on any atom is 0.306 e. The number of aliphatic hydroxyl groups excluding tert-OH is 1. The number of unbranched alkanes of at least 4 members (excludes halogenated alkanes) is 16. The van der Waals surface area contributed by atoms with E-state index >= 15 is 0 Å². The molecule has 0 aromatic heterocycles. The summed E-state index contributed by atoms with van der Waals surface area (Å²) in [5, 5.41) is 9.38. The highest BCUT2D eigenvalue weighted by atomic mass is 31.2. The summed E-state index contributed by atoms with van der Waals surface area (Å²) in [4.78, 5) is 23.8. The third-order valence-corrected chi connectivity index (χ3v) is 7.38. The molecule has 0 radical (unpaired) electrons. The zero-order chi connectivity index (χ0) is 27.8. The van der Waals surface area contributed by atoms with Gasteiger partial charge in [-0.2, -0.15) is 0 Å². The van der Waals surface area contributed by atoms with Gasteiger partial charge in [0.1, 0.15) is 19.3 Å². The molecule has 0 aromatic carbocycles. The largest absolute Gasteiger partial charge is 0.756 e. The number of carbonyl (C=O) groups is 1. The van der Waals surface area contributed by atoms with Crippen LogP contribution >= 0.6 is 7.82 Å². The topological polar surface area (TPSA) is 105 Å². The van der Waals surface area contributed by atoms with Gasteiger partial charge < -0.3 is 28.3 Å². The number of phosphoric acid groups is 1. The number of phosphoric ester groups is 1. The van der Waals surface area contributed by atoms with Crippen molar-refractivity contribution in [2.24, 2.45) is 0 Å². The van der Waals surface area contributed by atoms with Gasteiger partial charge in [0.25, 0.3) is 7.82 Å².